The molecule has 0 saturated carbocycles. The molecular weight excluding hydrogens is 479 g/mol. The minimum absolute atomic E-state index is 0.714. The predicted octanol–water partition coefficient (Wildman–Crippen LogP) is 4.65. The van der Waals surface area contributed by atoms with Gasteiger partial charge in [-0.3, -0.25) is 29.7 Å². The molecule has 0 amide bonds. The maximum Gasteiger partial charge on any atom is 0.0558 e. The second-order valence-electron chi connectivity index (χ2n) is 8.22. The molecule has 0 aliphatic carbocycles. The van der Waals surface area contributed by atoms with Crippen LogP contribution in [-0.4, -0.2) is 68.9 Å². The largest absolute Gasteiger partial charge is 0.295 e. The number of hydrogen-bond acceptors (Lipinski definition) is 6. The molecule has 0 radical (unpaired) electrons. The Morgan fingerprint density at radius 1 is 0.515 bits per heavy atom. The van der Waals surface area contributed by atoms with Crippen molar-refractivity contribution in [2.24, 2.45) is 0 Å². The van der Waals surface area contributed by atoms with Gasteiger partial charge in [-0.1, -0.05) is 34.8 Å². The first-order valence-corrected chi connectivity index (χ1v) is 12.2. The van der Waals surface area contributed by atoms with Crippen LogP contribution in [0.1, 0.15) is 17.1 Å². The topological polar surface area (TPSA) is 48.4 Å². The summed E-state index contributed by atoms with van der Waals surface area (Å²) in [6.07, 6.45) is 5.30. The maximum atomic E-state index is 6.19. The Morgan fingerprint density at radius 3 is 1.03 bits per heavy atom. The van der Waals surface area contributed by atoms with Crippen molar-refractivity contribution < 1.29 is 0 Å². The molecule has 1 fully saturated rings. The van der Waals surface area contributed by atoms with Gasteiger partial charge in [0.15, 0.2) is 0 Å². The first-order valence-electron chi connectivity index (χ1n) is 11.0. The van der Waals surface area contributed by atoms with Crippen LogP contribution in [0.2, 0.25) is 15.1 Å². The Morgan fingerprint density at radius 2 is 0.788 bits per heavy atom. The molecule has 0 unspecified atom stereocenters. The second-order valence-corrected chi connectivity index (χ2v) is 9.53. The summed E-state index contributed by atoms with van der Waals surface area (Å²) in [4.78, 5) is 20.8. The SMILES string of the molecule is Clc1ccnc(CN2CCN(Cc3cc(Cl)ccn3)CCN(Cc3cc(Cl)ccn3)CC2)c1. The molecule has 174 valence electrons. The lowest BCUT2D eigenvalue weighted by Crippen LogP contribution is -2.35. The summed E-state index contributed by atoms with van der Waals surface area (Å²) < 4.78 is 0. The van der Waals surface area contributed by atoms with Crippen molar-refractivity contribution in [1.29, 1.82) is 0 Å². The quantitative estimate of drug-likeness (QED) is 0.486. The molecule has 1 aliphatic heterocycles. The molecule has 0 aromatic carbocycles. The van der Waals surface area contributed by atoms with Crippen molar-refractivity contribution in [3.63, 3.8) is 0 Å². The molecule has 3 aromatic rings. The lowest BCUT2D eigenvalue weighted by Gasteiger charge is -2.25. The van der Waals surface area contributed by atoms with Gasteiger partial charge in [-0.25, -0.2) is 0 Å². The normalized spacial score (nSPS) is 16.8. The van der Waals surface area contributed by atoms with Gasteiger partial charge in [0.05, 0.1) is 17.1 Å². The van der Waals surface area contributed by atoms with Crippen molar-refractivity contribution in [3.05, 3.63) is 87.1 Å². The summed E-state index contributed by atoms with van der Waals surface area (Å²) in [6.45, 7) is 7.84. The van der Waals surface area contributed by atoms with Gasteiger partial charge in [-0.15, -0.1) is 0 Å². The van der Waals surface area contributed by atoms with E-state index in [9.17, 15) is 0 Å². The first-order chi connectivity index (χ1) is 16.0. The molecule has 4 rings (SSSR count). The van der Waals surface area contributed by atoms with Crippen LogP contribution in [0, 0.1) is 0 Å². The van der Waals surface area contributed by atoms with Crippen LogP contribution in [0.4, 0.5) is 0 Å². The van der Waals surface area contributed by atoms with Crippen molar-refractivity contribution in [2.45, 2.75) is 19.6 Å². The molecule has 6 nitrogen and oxygen atoms in total. The fourth-order valence-corrected chi connectivity index (χ4v) is 4.50. The summed E-state index contributed by atoms with van der Waals surface area (Å²) in [7, 11) is 0. The number of hydrogen-bond donors (Lipinski definition) is 0. The third-order valence-electron chi connectivity index (χ3n) is 5.69. The summed E-state index contributed by atoms with van der Waals surface area (Å²) in [5.41, 5.74) is 2.94. The van der Waals surface area contributed by atoms with Crippen molar-refractivity contribution in [3.8, 4) is 0 Å². The zero-order valence-corrected chi connectivity index (χ0v) is 20.6. The molecule has 3 aromatic heterocycles. The average molecular weight is 506 g/mol. The van der Waals surface area contributed by atoms with E-state index in [-0.39, 0.29) is 0 Å². The number of pyridine rings is 3. The summed E-state index contributed by atoms with van der Waals surface area (Å²) in [6, 6.07) is 11.2. The van der Waals surface area contributed by atoms with Gasteiger partial charge in [0.1, 0.15) is 0 Å². The molecule has 1 aliphatic rings. The maximum absolute atomic E-state index is 6.19. The zero-order chi connectivity index (χ0) is 23.0. The van der Waals surface area contributed by atoms with Crippen molar-refractivity contribution in [1.82, 2.24) is 29.7 Å². The minimum atomic E-state index is 0.714. The van der Waals surface area contributed by atoms with E-state index in [0.717, 1.165) is 76.0 Å². The van der Waals surface area contributed by atoms with Gasteiger partial charge < -0.3 is 0 Å². The Balaban J connectivity index is 1.48. The predicted molar refractivity (Wildman–Crippen MR) is 134 cm³/mol. The van der Waals surface area contributed by atoms with E-state index in [0.29, 0.717) is 15.1 Å². The van der Waals surface area contributed by atoms with Crippen LogP contribution in [0.5, 0.6) is 0 Å². The molecule has 4 heterocycles. The van der Waals surface area contributed by atoms with Crippen LogP contribution in [-0.2, 0) is 19.6 Å². The molecule has 0 atom stereocenters. The summed E-state index contributed by atoms with van der Waals surface area (Å²) in [5.74, 6) is 0. The molecule has 0 N–H and O–H groups in total. The minimum Gasteiger partial charge on any atom is -0.295 e. The van der Waals surface area contributed by atoms with E-state index in [4.69, 9.17) is 34.8 Å². The van der Waals surface area contributed by atoms with Gasteiger partial charge in [0.2, 0.25) is 0 Å². The van der Waals surface area contributed by atoms with Crippen LogP contribution in [0.3, 0.4) is 0 Å². The first kappa shape index (κ1) is 24.3. The van der Waals surface area contributed by atoms with Crippen LogP contribution in [0.25, 0.3) is 0 Å². The fourth-order valence-electron chi connectivity index (χ4n) is 3.95. The third-order valence-corrected chi connectivity index (χ3v) is 6.40. The highest BCUT2D eigenvalue weighted by atomic mass is 35.5. The molecule has 0 spiro atoms. The monoisotopic (exact) mass is 504 g/mol. The van der Waals surface area contributed by atoms with E-state index in [2.05, 4.69) is 29.7 Å². The average Bonchev–Trinajstić information content (AvgIpc) is 2.86. The third kappa shape index (κ3) is 7.88. The molecule has 9 heteroatoms. The Bertz CT molecular complexity index is 906. The van der Waals surface area contributed by atoms with Crippen molar-refractivity contribution in [2.75, 3.05) is 39.3 Å². The zero-order valence-electron chi connectivity index (χ0n) is 18.4. The Kier molecular flexibility index (Phi) is 8.89. The highest BCUT2D eigenvalue weighted by Gasteiger charge is 2.18. The van der Waals surface area contributed by atoms with Gasteiger partial charge in [0, 0.05) is 92.6 Å². The summed E-state index contributed by atoms with van der Waals surface area (Å²) >= 11 is 18.6. The van der Waals surface area contributed by atoms with E-state index in [1.165, 1.54) is 0 Å². The highest BCUT2D eigenvalue weighted by Crippen LogP contribution is 2.15. The Hall–Kier alpha value is -1.80. The van der Waals surface area contributed by atoms with E-state index < -0.39 is 0 Å². The lowest BCUT2D eigenvalue weighted by atomic mass is 10.3. The number of halogens is 3. The summed E-state index contributed by atoms with van der Waals surface area (Å²) in [5, 5.41) is 2.14. The highest BCUT2D eigenvalue weighted by molar-refractivity contribution is 6.31. The Labute approximate surface area is 210 Å². The van der Waals surface area contributed by atoms with Crippen molar-refractivity contribution >= 4 is 34.8 Å². The molecule has 1 saturated heterocycles. The molecular formula is C24H27Cl3N6. The number of rotatable bonds is 6. The van der Waals surface area contributed by atoms with Gasteiger partial charge in [-0.05, 0) is 36.4 Å². The van der Waals surface area contributed by atoms with E-state index in [1.54, 1.807) is 18.6 Å². The number of nitrogens with zero attached hydrogens (tertiary/aromatic N) is 6. The molecule has 0 bridgehead atoms. The van der Waals surface area contributed by atoms with Crippen LogP contribution in [0.15, 0.2) is 55.0 Å². The number of aromatic nitrogens is 3. The molecule has 33 heavy (non-hydrogen) atoms. The van der Waals surface area contributed by atoms with Crippen LogP contribution < -0.4 is 0 Å². The van der Waals surface area contributed by atoms with Crippen LogP contribution >= 0.6 is 34.8 Å². The van der Waals surface area contributed by atoms with Gasteiger partial charge in [0.25, 0.3) is 0 Å². The van der Waals surface area contributed by atoms with E-state index in [1.807, 2.05) is 36.4 Å². The lowest BCUT2D eigenvalue weighted by molar-refractivity contribution is 0.207. The fraction of sp³-hybridized carbons (Fsp3) is 0.375. The smallest absolute Gasteiger partial charge is 0.0558 e. The standard InChI is InChI=1S/C24H27Cl3N6/c25-19-1-4-28-22(13-19)16-31-7-9-32(17-23-14-20(26)2-5-29-23)11-12-33(10-8-31)18-24-15-21(27)3-6-30-24/h1-6,13-15H,7-12,16-18H2. The second kappa shape index (κ2) is 12.1. The van der Waals surface area contributed by atoms with Gasteiger partial charge >= 0.3 is 0 Å². The van der Waals surface area contributed by atoms with Gasteiger partial charge in [-0.2, -0.15) is 0 Å². The van der Waals surface area contributed by atoms with E-state index >= 15 is 0 Å².